The van der Waals surface area contributed by atoms with Gasteiger partial charge in [-0.15, -0.1) is 0 Å². The Morgan fingerprint density at radius 1 is 1.10 bits per heavy atom. The monoisotopic (exact) mass is 273 g/mol. The minimum atomic E-state index is 0.448. The Kier molecular flexibility index (Phi) is 3.02. The number of nitrogen functional groups attached to an aromatic ring is 1. The number of hydrogen-bond acceptors (Lipinski definition) is 5. The fourth-order valence-corrected chi connectivity index (χ4v) is 4.07. The lowest BCUT2D eigenvalue weighted by Gasteiger charge is -2.25. The first-order valence-electron chi connectivity index (χ1n) is 7.95. The van der Waals surface area contributed by atoms with Crippen LogP contribution in [0.15, 0.2) is 0 Å². The van der Waals surface area contributed by atoms with E-state index in [4.69, 9.17) is 5.73 Å². The van der Waals surface area contributed by atoms with Gasteiger partial charge in [0.05, 0.1) is 5.69 Å². The highest BCUT2D eigenvalue weighted by molar-refractivity contribution is 5.54. The molecule has 4 rings (SSSR count). The van der Waals surface area contributed by atoms with Crippen LogP contribution in [0.5, 0.6) is 0 Å². The highest BCUT2D eigenvalue weighted by Crippen LogP contribution is 2.33. The third kappa shape index (κ3) is 2.04. The Hall–Kier alpha value is -1.36. The van der Waals surface area contributed by atoms with Gasteiger partial charge in [-0.05, 0) is 51.0 Å². The van der Waals surface area contributed by atoms with Crippen LogP contribution in [0.1, 0.15) is 36.9 Å². The van der Waals surface area contributed by atoms with Crippen LogP contribution >= 0.6 is 0 Å². The lowest BCUT2D eigenvalue weighted by molar-refractivity contribution is 0.340. The number of nitrogens with one attached hydrogen (secondary N) is 1. The van der Waals surface area contributed by atoms with Gasteiger partial charge in [-0.3, -0.25) is 0 Å². The van der Waals surface area contributed by atoms with E-state index < -0.39 is 0 Å². The Morgan fingerprint density at radius 2 is 2.00 bits per heavy atom. The number of rotatable bonds is 1. The molecular formula is C15H23N5. The van der Waals surface area contributed by atoms with E-state index in [0.29, 0.717) is 12.0 Å². The van der Waals surface area contributed by atoms with Crippen molar-refractivity contribution in [2.45, 2.75) is 44.6 Å². The van der Waals surface area contributed by atoms with Gasteiger partial charge in [0.25, 0.3) is 0 Å². The van der Waals surface area contributed by atoms with Gasteiger partial charge in [0.1, 0.15) is 5.82 Å². The molecule has 0 bridgehead atoms. The molecule has 2 fully saturated rings. The van der Waals surface area contributed by atoms with Gasteiger partial charge in [0, 0.05) is 24.7 Å². The van der Waals surface area contributed by atoms with E-state index in [1.165, 1.54) is 43.5 Å². The third-order valence-corrected chi connectivity index (χ3v) is 5.08. The maximum Gasteiger partial charge on any atom is 0.222 e. The summed E-state index contributed by atoms with van der Waals surface area (Å²) in [5.41, 5.74) is 8.49. The second-order valence-corrected chi connectivity index (χ2v) is 6.41. The zero-order chi connectivity index (χ0) is 13.5. The van der Waals surface area contributed by atoms with Crippen molar-refractivity contribution >= 4 is 11.8 Å². The standard InChI is InChI=1S/C15H23N5/c16-15-18-12-6-2-1-5-11(12)14(19-15)20-8-10-4-3-7-17-13(10)9-20/h10,13,17H,1-9H2,(H2,16,18,19). The van der Waals surface area contributed by atoms with Crippen molar-refractivity contribution < 1.29 is 0 Å². The van der Waals surface area contributed by atoms with Crippen molar-refractivity contribution in [3.05, 3.63) is 11.3 Å². The SMILES string of the molecule is Nc1nc2c(c(N3CC4CCCNC4C3)n1)CCCC2. The fraction of sp³-hybridized carbons (Fsp3) is 0.733. The molecule has 0 aromatic carbocycles. The molecule has 20 heavy (non-hydrogen) atoms. The summed E-state index contributed by atoms with van der Waals surface area (Å²) < 4.78 is 0. The predicted molar refractivity (Wildman–Crippen MR) is 79.8 cm³/mol. The van der Waals surface area contributed by atoms with E-state index in [-0.39, 0.29) is 0 Å². The number of aryl methyl sites for hydroxylation is 1. The molecule has 5 nitrogen and oxygen atoms in total. The van der Waals surface area contributed by atoms with Crippen LogP contribution in [0.25, 0.3) is 0 Å². The summed E-state index contributed by atoms with van der Waals surface area (Å²) >= 11 is 0. The normalized spacial score (nSPS) is 29.1. The molecule has 0 spiro atoms. The predicted octanol–water partition coefficient (Wildman–Crippen LogP) is 1.13. The maximum atomic E-state index is 5.93. The molecule has 3 heterocycles. The summed E-state index contributed by atoms with van der Waals surface area (Å²) in [6, 6.07) is 0.638. The summed E-state index contributed by atoms with van der Waals surface area (Å²) in [4.78, 5) is 11.5. The number of nitrogens with zero attached hydrogens (tertiary/aromatic N) is 3. The average molecular weight is 273 g/mol. The number of nitrogens with two attached hydrogens (primary N) is 1. The van der Waals surface area contributed by atoms with Crippen molar-refractivity contribution in [2.75, 3.05) is 30.3 Å². The summed E-state index contributed by atoms with van der Waals surface area (Å²) in [6.07, 6.45) is 7.32. The van der Waals surface area contributed by atoms with Crippen LogP contribution in [-0.4, -0.2) is 35.6 Å². The van der Waals surface area contributed by atoms with Crippen molar-refractivity contribution in [3.63, 3.8) is 0 Å². The van der Waals surface area contributed by atoms with Crippen LogP contribution in [0.4, 0.5) is 11.8 Å². The number of fused-ring (bicyclic) bond motifs is 2. The molecular weight excluding hydrogens is 250 g/mol. The first-order chi connectivity index (χ1) is 9.81. The van der Waals surface area contributed by atoms with Gasteiger partial charge < -0.3 is 16.0 Å². The first kappa shape index (κ1) is 12.4. The molecule has 3 aliphatic rings. The van der Waals surface area contributed by atoms with E-state index in [9.17, 15) is 0 Å². The van der Waals surface area contributed by atoms with E-state index in [2.05, 4.69) is 20.2 Å². The van der Waals surface area contributed by atoms with Gasteiger partial charge in [-0.25, -0.2) is 4.98 Å². The number of piperidine rings is 1. The molecule has 5 heteroatoms. The molecule has 0 radical (unpaired) electrons. The largest absolute Gasteiger partial charge is 0.368 e. The van der Waals surface area contributed by atoms with Gasteiger partial charge in [-0.1, -0.05) is 0 Å². The Labute approximate surface area is 120 Å². The van der Waals surface area contributed by atoms with Crippen LogP contribution in [0, 0.1) is 5.92 Å². The molecule has 2 unspecified atom stereocenters. The zero-order valence-electron chi connectivity index (χ0n) is 11.9. The summed E-state index contributed by atoms with van der Waals surface area (Å²) in [6.45, 7) is 3.37. The van der Waals surface area contributed by atoms with E-state index in [1.54, 1.807) is 0 Å². The van der Waals surface area contributed by atoms with Gasteiger partial charge in [0.2, 0.25) is 5.95 Å². The summed E-state index contributed by atoms with van der Waals surface area (Å²) in [5, 5.41) is 3.66. The maximum absolute atomic E-state index is 5.93. The lowest BCUT2D eigenvalue weighted by Crippen LogP contribution is -2.40. The van der Waals surface area contributed by atoms with Crippen molar-refractivity contribution in [1.82, 2.24) is 15.3 Å². The highest BCUT2D eigenvalue weighted by Gasteiger charge is 2.36. The Balaban J connectivity index is 1.66. The fourth-order valence-electron chi connectivity index (χ4n) is 4.07. The molecule has 2 atom stereocenters. The highest BCUT2D eigenvalue weighted by atomic mass is 15.3. The quantitative estimate of drug-likeness (QED) is 0.803. The van der Waals surface area contributed by atoms with Gasteiger partial charge in [0.15, 0.2) is 0 Å². The number of hydrogen-bond donors (Lipinski definition) is 2. The molecule has 1 aromatic heterocycles. The Bertz CT molecular complexity index is 501. The minimum absolute atomic E-state index is 0.448. The summed E-state index contributed by atoms with van der Waals surface area (Å²) in [7, 11) is 0. The summed E-state index contributed by atoms with van der Waals surface area (Å²) in [5.74, 6) is 2.35. The third-order valence-electron chi connectivity index (χ3n) is 5.08. The lowest BCUT2D eigenvalue weighted by atomic mass is 9.94. The van der Waals surface area contributed by atoms with Crippen LogP contribution in [-0.2, 0) is 12.8 Å². The van der Waals surface area contributed by atoms with E-state index in [1.807, 2.05) is 0 Å². The number of aromatic nitrogens is 2. The average Bonchev–Trinajstić information content (AvgIpc) is 2.90. The molecule has 1 aliphatic carbocycles. The van der Waals surface area contributed by atoms with Gasteiger partial charge in [-0.2, -0.15) is 4.98 Å². The molecule has 1 aromatic rings. The molecule has 0 amide bonds. The molecule has 2 aliphatic heterocycles. The van der Waals surface area contributed by atoms with Crippen molar-refractivity contribution in [3.8, 4) is 0 Å². The van der Waals surface area contributed by atoms with E-state index >= 15 is 0 Å². The second-order valence-electron chi connectivity index (χ2n) is 6.41. The Morgan fingerprint density at radius 3 is 2.90 bits per heavy atom. The first-order valence-corrected chi connectivity index (χ1v) is 7.95. The second kappa shape index (κ2) is 4.88. The van der Waals surface area contributed by atoms with Crippen LogP contribution < -0.4 is 16.0 Å². The molecule has 3 N–H and O–H groups in total. The molecule has 0 saturated carbocycles. The number of anilines is 2. The van der Waals surface area contributed by atoms with Gasteiger partial charge >= 0.3 is 0 Å². The van der Waals surface area contributed by atoms with Crippen molar-refractivity contribution in [1.29, 1.82) is 0 Å². The topological polar surface area (TPSA) is 67.1 Å². The minimum Gasteiger partial charge on any atom is -0.368 e. The van der Waals surface area contributed by atoms with E-state index in [0.717, 1.165) is 37.7 Å². The molecule has 2 saturated heterocycles. The smallest absolute Gasteiger partial charge is 0.222 e. The van der Waals surface area contributed by atoms with Crippen LogP contribution in [0.2, 0.25) is 0 Å². The van der Waals surface area contributed by atoms with Crippen molar-refractivity contribution in [2.24, 2.45) is 5.92 Å². The van der Waals surface area contributed by atoms with Crippen LogP contribution in [0.3, 0.4) is 0 Å². The zero-order valence-corrected chi connectivity index (χ0v) is 11.9. The molecule has 108 valence electrons.